The normalized spacial score (nSPS) is 11.6. The van der Waals surface area contributed by atoms with Crippen LogP contribution >= 0.6 is 0 Å². The van der Waals surface area contributed by atoms with Crippen molar-refractivity contribution in [2.24, 2.45) is 0 Å². The molecule has 2 aromatic rings. The second-order valence-electron chi connectivity index (χ2n) is 5.35. The van der Waals surface area contributed by atoms with E-state index in [1.54, 1.807) is 12.1 Å². The summed E-state index contributed by atoms with van der Waals surface area (Å²) < 4.78 is 25.4. The van der Waals surface area contributed by atoms with E-state index in [0.29, 0.717) is 12.2 Å². The van der Waals surface area contributed by atoms with Gasteiger partial charge in [0.05, 0.1) is 16.3 Å². The molecular weight excluding hydrogens is 298 g/mol. The van der Waals surface area contributed by atoms with Crippen LogP contribution in [-0.2, 0) is 16.6 Å². The van der Waals surface area contributed by atoms with Crippen molar-refractivity contribution < 1.29 is 8.42 Å². The number of nitrogens with zero attached hydrogens (tertiary/aromatic N) is 2. The molecule has 0 atom stereocenters. The summed E-state index contributed by atoms with van der Waals surface area (Å²) in [5, 5.41) is 0. The fraction of sp³-hybridized carbons (Fsp3) is 0.250. The highest BCUT2D eigenvalue weighted by atomic mass is 32.2. The van der Waals surface area contributed by atoms with Gasteiger partial charge in [0.25, 0.3) is 0 Å². The molecule has 0 aliphatic carbocycles. The molecule has 22 heavy (non-hydrogen) atoms. The zero-order valence-electron chi connectivity index (χ0n) is 13.0. The fourth-order valence-electron chi connectivity index (χ4n) is 2.19. The molecule has 0 spiro atoms. The van der Waals surface area contributed by atoms with E-state index in [4.69, 9.17) is 5.73 Å². The Labute approximate surface area is 132 Å². The van der Waals surface area contributed by atoms with E-state index >= 15 is 0 Å². The Bertz CT molecular complexity index is 743. The van der Waals surface area contributed by atoms with Crippen LogP contribution in [0.1, 0.15) is 5.56 Å². The summed E-state index contributed by atoms with van der Waals surface area (Å²) in [6.07, 6.45) is 0. The number of benzene rings is 2. The molecule has 0 unspecified atom stereocenters. The third-order valence-electron chi connectivity index (χ3n) is 3.45. The number of sulfonamides is 1. The molecule has 0 aliphatic heterocycles. The first-order chi connectivity index (χ1) is 10.3. The number of rotatable bonds is 5. The van der Waals surface area contributed by atoms with Crippen molar-refractivity contribution in [1.29, 1.82) is 0 Å². The maximum Gasteiger partial charge on any atom is 0.242 e. The van der Waals surface area contributed by atoms with Gasteiger partial charge in [-0.3, -0.25) is 0 Å². The maximum atomic E-state index is 12.1. The van der Waals surface area contributed by atoms with Crippen molar-refractivity contribution >= 4 is 21.4 Å². The molecule has 6 heteroatoms. The summed E-state index contributed by atoms with van der Waals surface area (Å²) in [5.74, 6) is 0. The van der Waals surface area contributed by atoms with Crippen LogP contribution in [0.25, 0.3) is 0 Å². The lowest BCUT2D eigenvalue weighted by atomic mass is 10.2. The molecular formula is C16H21N3O2S. The van der Waals surface area contributed by atoms with Crippen molar-refractivity contribution in [1.82, 2.24) is 4.31 Å². The second kappa shape index (κ2) is 6.37. The van der Waals surface area contributed by atoms with Crippen molar-refractivity contribution in [2.45, 2.75) is 11.4 Å². The molecule has 0 aromatic heterocycles. The summed E-state index contributed by atoms with van der Waals surface area (Å²) >= 11 is 0. The fourth-order valence-corrected chi connectivity index (χ4v) is 3.13. The van der Waals surface area contributed by atoms with Crippen molar-refractivity contribution in [3.63, 3.8) is 0 Å². The number of hydrogen-bond donors (Lipinski definition) is 1. The van der Waals surface area contributed by atoms with Crippen molar-refractivity contribution in [3.05, 3.63) is 54.1 Å². The van der Waals surface area contributed by atoms with E-state index in [1.807, 2.05) is 42.3 Å². The molecule has 2 N–H and O–H groups in total. The molecule has 118 valence electrons. The first-order valence-electron chi connectivity index (χ1n) is 6.89. The summed E-state index contributed by atoms with van der Waals surface area (Å²) in [5.41, 5.74) is 8.46. The van der Waals surface area contributed by atoms with Gasteiger partial charge in [-0.15, -0.1) is 0 Å². The van der Waals surface area contributed by atoms with Gasteiger partial charge >= 0.3 is 0 Å². The van der Waals surface area contributed by atoms with Gasteiger partial charge in [-0.25, -0.2) is 12.7 Å². The second-order valence-corrected chi connectivity index (χ2v) is 7.50. The number of hydrogen-bond acceptors (Lipinski definition) is 4. The molecule has 2 rings (SSSR count). The molecule has 0 fully saturated rings. The summed E-state index contributed by atoms with van der Waals surface area (Å²) in [7, 11) is 1.47. The molecule has 0 aliphatic rings. The van der Waals surface area contributed by atoms with Crippen molar-refractivity contribution in [2.75, 3.05) is 31.8 Å². The van der Waals surface area contributed by atoms with Gasteiger partial charge < -0.3 is 10.6 Å². The highest BCUT2D eigenvalue weighted by Gasteiger charge is 2.18. The Hall–Kier alpha value is -2.05. The van der Waals surface area contributed by atoms with Gasteiger partial charge in [0.15, 0.2) is 0 Å². The molecule has 0 saturated heterocycles. The topological polar surface area (TPSA) is 66.6 Å². The Kier molecular flexibility index (Phi) is 4.73. The molecule has 0 saturated carbocycles. The van der Waals surface area contributed by atoms with Gasteiger partial charge in [0.2, 0.25) is 10.0 Å². The third kappa shape index (κ3) is 3.40. The minimum absolute atomic E-state index is 0.201. The van der Waals surface area contributed by atoms with Crippen LogP contribution < -0.4 is 10.6 Å². The maximum absolute atomic E-state index is 12.1. The number of anilines is 2. The van der Waals surface area contributed by atoms with Crippen molar-refractivity contribution in [3.8, 4) is 0 Å². The van der Waals surface area contributed by atoms with Crippen LogP contribution in [0.4, 0.5) is 11.4 Å². The van der Waals surface area contributed by atoms with E-state index in [2.05, 4.69) is 0 Å². The standard InChI is InChI=1S/C16H21N3O2S/c1-18(2)22(20,21)14-9-10-16(15(17)11-14)19(3)12-13-7-5-4-6-8-13/h4-11H,12,17H2,1-3H3. The molecule has 0 heterocycles. The zero-order valence-corrected chi connectivity index (χ0v) is 13.8. The van der Waals surface area contributed by atoms with Crippen LogP contribution in [0, 0.1) is 0 Å². The Morgan fingerprint density at radius 1 is 1.00 bits per heavy atom. The van der Waals surface area contributed by atoms with Crippen LogP contribution in [-0.4, -0.2) is 33.9 Å². The highest BCUT2D eigenvalue weighted by molar-refractivity contribution is 7.89. The Balaban J connectivity index is 2.27. The van der Waals surface area contributed by atoms with E-state index in [0.717, 1.165) is 11.3 Å². The molecule has 5 nitrogen and oxygen atoms in total. The zero-order chi connectivity index (χ0) is 16.3. The van der Waals surface area contributed by atoms with E-state index in [1.165, 1.54) is 24.5 Å². The lowest BCUT2D eigenvalue weighted by Crippen LogP contribution is -2.23. The molecule has 0 bridgehead atoms. The summed E-state index contributed by atoms with van der Waals surface area (Å²) in [4.78, 5) is 2.20. The highest BCUT2D eigenvalue weighted by Crippen LogP contribution is 2.27. The largest absolute Gasteiger partial charge is 0.397 e. The van der Waals surface area contributed by atoms with Gasteiger partial charge in [0, 0.05) is 27.7 Å². The summed E-state index contributed by atoms with van der Waals surface area (Å²) in [6, 6.07) is 14.9. The van der Waals surface area contributed by atoms with Crippen LogP contribution in [0.5, 0.6) is 0 Å². The van der Waals surface area contributed by atoms with Gasteiger partial charge in [-0.1, -0.05) is 30.3 Å². The first-order valence-corrected chi connectivity index (χ1v) is 8.33. The average Bonchev–Trinajstić information content (AvgIpc) is 2.47. The Morgan fingerprint density at radius 3 is 2.18 bits per heavy atom. The lowest BCUT2D eigenvalue weighted by Gasteiger charge is -2.22. The van der Waals surface area contributed by atoms with E-state index < -0.39 is 10.0 Å². The van der Waals surface area contributed by atoms with Crippen LogP contribution in [0.15, 0.2) is 53.4 Å². The predicted molar refractivity (Wildman–Crippen MR) is 90.3 cm³/mol. The van der Waals surface area contributed by atoms with E-state index in [-0.39, 0.29) is 4.90 Å². The van der Waals surface area contributed by atoms with Gasteiger partial charge in [0.1, 0.15) is 0 Å². The SMILES string of the molecule is CN(Cc1ccccc1)c1ccc(S(=O)(=O)N(C)C)cc1N. The monoisotopic (exact) mass is 319 g/mol. The summed E-state index contributed by atoms with van der Waals surface area (Å²) in [6.45, 7) is 0.699. The minimum Gasteiger partial charge on any atom is -0.397 e. The lowest BCUT2D eigenvalue weighted by molar-refractivity contribution is 0.521. The first kappa shape index (κ1) is 16.3. The average molecular weight is 319 g/mol. The quantitative estimate of drug-likeness (QED) is 0.858. The van der Waals surface area contributed by atoms with E-state index in [9.17, 15) is 8.42 Å². The Morgan fingerprint density at radius 2 is 1.64 bits per heavy atom. The van der Waals surface area contributed by atoms with Crippen LogP contribution in [0.3, 0.4) is 0 Å². The molecule has 2 aromatic carbocycles. The van der Waals surface area contributed by atoms with Gasteiger partial charge in [-0.2, -0.15) is 0 Å². The predicted octanol–water partition coefficient (Wildman–Crippen LogP) is 2.16. The number of nitrogens with two attached hydrogens (primary N) is 1. The third-order valence-corrected chi connectivity index (χ3v) is 5.26. The minimum atomic E-state index is -3.47. The van der Waals surface area contributed by atoms with Crippen LogP contribution in [0.2, 0.25) is 0 Å². The van der Waals surface area contributed by atoms with Gasteiger partial charge in [-0.05, 0) is 23.8 Å². The number of nitrogen functional groups attached to an aromatic ring is 1. The molecule has 0 amide bonds. The molecule has 0 radical (unpaired) electrons. The smallest absolute Gasteiger partial charge is 0.242 e.